The number of rotatable bonds is 4. The van der Waals surface area contributed by atoms with Gasteiger partial charge in [0, 0.05) is 38.7 Å². The lowest BCUT2D eigenvalue weighted by atomic mass is 9.70. The molecule has 0 N–H and O–H groups in total. The largest absolute Gasteiger partial charge is 0.455 e. The molecule has 61 heavy (non-hydrogen) atoms. The number of furan rings is 1. The van der Waals surface area contributed by atoms with Crippen molar-refractivity contribution in [1.29, 1.82) is 0 Å². The lowest BCUT2D eigenvalue weighted by Crippen LogP contribution is -2.26. The van der Waals surface area contributed by atoms with Crippen LogP contribution in [-0.2, 0) is 10.8 Å². The smallest absolute Gasteiger partial charge is 0.143 e. The minimum atomic E-state index is -0.533. The maximum Gasteiger partial charge on any atom is 0.143 e. The molecule has 13 rings (SSSR count). The Bertz CT molecular complexity index is 3390. The van der Waals surface area contributed by atoms with E-state index in [2.05, 4.69) is 214 Å². The number of allylic oxidation sites excluding steroid dienone is 4. The first kappa shape index (κ1) is 34.7. The zero-order chi connectivity index (χ0) is 40.6. The van der Waals surface area contributed by atoms with Gasteiger partial charge in [-0.2, -0.15) is 0 Å². The summed E-state index contributed by atoms with van der Waals surface area (Å²) in [5.74, 6) is 0.482. The zero-order valence-electron chi connectivity index (χ0n) is 34.5. The normalized spacial score (nSPS) is 18.4. The lowest BCUT2D eigenvalue weighted by molar-refractivity contribution is 0.660. The van der Waals surface area contributed by atoms with Crippen molar-refractivity contribution in [3.05, 3.63) is 227 Å². The van der Waals surface area contributed by atoms with Crippen molar-refractivity contribution in [2.24, 2.45) is 5.92 Å². The van der Waals surface area contributed by atoms with Crippen LogP contribution in [-0.4, -0.2) is 0 Å². The van der Waals surface area contributed by atoms with Gasteiger partial charge in [-0.05, 0) is 116 Å². The lowest BCUT2D eigenvalue weighted by Gasteiger charge is -2.32. The van der Waals surface area contributed by atoms with Crippen LogP contribution in [0.1, 0.15) is 66.1 Å². The molecule has 0 saturated heterocycles. The molecule has 2 nitrogen and oxygen atoms in total. The summed E-state index contributed by atoms with van der Waals surface area (Å²) < 4.78 is 6.83. The fourth-order valence-corrected chi connectivity index (χ4v) is 11.8. The maximum atomic E-state index is 6.83. The molecule has 0 bridgehead atoms. The van der Waals surface area contributed by atoms with Crippen LogP contribution in [0.4, 0.5) is 17.1 Å². The van der Waals surface area contributed by atoms with E-state index in [4.69, 9.17) is 4.42 Å². The highest BCUT2D eigenvalue weighted by molar-refractivity contribution is 6.13. The molecule has 2 heteroatoms. The SMILES string of the molecule is CC1CC=CC=C1c1ccc(N(c2ccc3c(c2)C(C)(C)c2ccccc2-3)c2cccc3c2-c2ccccc2C32c3ccccc3-c3c2ccc2c3oc3ccccc32)cc1. The second kappa shape index (κ2) is 12.4. The number of hydrogen-bond acceptors (Lipinski definition) is 2. The summed E-state index contributed by atoms with van der Waals surface area (Å²) in [7, 11) is 0. The van der Waals surface area contributed by atoms with Crippen molar-refractivity contribution in [1.82, 2.24) is 0 Å². The molecular formula is C59H43NO. The Kier molecular flexibility index (Phi) is 7.07. The van der Waals surface area contributed by atoms with E-state index in [1.807, 2.05) is 0 Å². The van der Waals surface area contributed by atoms with E-state index in [1.165, 1.54) is 83.6 Å². The maximum absolute atomic E-state index is 6.83. The highest BCUT2D eigenvalue weighted by atomic mass is 16.3. The Hall–Kier alpha value is -7.16. The minimum Gasteiger partial charge on any atom is -0.455 e. The fourth-order valence-electron chi connectivity index (χ4n) is 11.8. The quantitative estimate of drug-likeness (QED) is 0.177. The third-order valence-corrected chi connectivity index (χ3v) is 14.6. The van der Waals surface area contributed by atoms with Gasteiger partial charge in [-0.3, -0.25) is 0 Å². The van der Waals surface area contributed by atoms with Gasteiger partial charge in [0.15, 0.2) is 0 Å². The highest BCUT2D eigenvalue weighted by Crippen LogP contribution is 2.66. The van der Waals surface area contributed by atoms with Crippen molar-refractivity contribution in [3.63, 3.8) is 0 Å². The van der Waals surface area contributed by atoms with Gasteiger partial charge in [0.1, 0.15) is 11.2 Å². The number of anilines is 3. The summed E-state index contributed by atoms with van der Waals surface area (Å²) in [6, 6.07) is 63.8. The molecule has 4 aliphatic rings. The second-order valence-corrected chi connectivity index (χ2v) is 18.0. The second-order valence-electron chi connectivity index (χ2n) is 18.0. The van der Waals surface area contributed by atoms with Crippen molar-refractivity contribution in [3.8, 4) is 33.4 Å². The van der Waals surface area contributed by atoms with Crippen molar-refractivity contribution in [2.75, 3.05) is 4.90 Å². The minimum absolute atomic E-state index is 0.136. The van der Waals surface area contributed by atoms with Crippen LogP contribution >= 0.6 is 0 Å². The number of fused-ring (bicyclic) bond motifs is 17. The summed E-state index contributed by atoms with van der Waals surface area (Å²) >= 11 is 0. The predicted octanol–water partition coefficient (Wildman–Crippen LogP) is 15.7. The van der Waals surface area contributed by atoms with E-state index in [0.29, 0.717) is 5.92 Å². The van der Waals surface area contributed by atoms with Crippen molar-refractivity contribution in [2.45, 2.75) is 38.0 Å². The van der Waals surface area contributed by atoms with Crippen LogP contribution in [0.5, 0.6) is 0 Å². The Balaban J connectivity index is 1.08. The third-order valence-electron chi connectivity index (χ3n) is 14.6. The Morgan fingerprint density at radius 3 is 1.95 bits per heavy atom. The zero-order valence-corrected chi connectivity index (χ0v) is 34.5. The average molecular weight is 782 g/mol. The molecular weight excluding hydrogens is 739 g/mol. The average Bonchev–Trinajstić information content (AvgIpc) is 3.99. The highest BCUT2D eigenvalue weighted by Gasteiger charge is 2.53. The summed E-state index contributed by atoms with van der Waals surface area (Å²) in [4.78, 5) is 2.53. The van der Waals surface area contributed by atoms with Gasteiger partial charge in [0.2, 0.25) is 0 Å². The van der Waals surface area contributed by atoms with Gasteiger partial charge in [-0.1, -0.05) is 172 Å². The molecule has 1 spiro atoms. The van der Waals surface area contributed by atoms with Crippen LogP contribution in [0.3, 0.4) is 0 Å². The summed E-state index contributed by atoms with van der Waals surface area (Å²) in [5, 5.41) is 2.31. The number of hydrogen-bond donors (Lipinski definition) is 0. The van der Waals surface area contributed by atoms with Gasteiger partial charge in [-0.15, -0.1) is 0 Å². The van der Waals surface area contributed by atoms with Gasteiger partial charge in [0.05, 0.1) is 11.1 Å². The molecule has 2 atom stereocenters. The molecule has 0 saturated carbocycles. The van der Waals surface area contributed by atoms with E-state index >= 15 is 0 Å². The molecule has 290 valence electrons. The topological polar surface area (TPSA) is 16.4 Å². The van der Waals surface area contributed by atoms with Crippen LogP contribution < -0.4 is 4.90 Å². The van der Waals surface area contributed by atoms with E-state index in [9.17, 15) is 0 Å². The summed E-state index contributed by atoms with van der Waals surface area (Å²) in [5.41, 5.74) is 22.9. The summed E-state index contributed by atoms with van der Waals surface area (Å²) in [6.45, 7) is 7.09. The van der Waals surface area contributed by atoms with Gasteiger partial charge in [0.25, 0.3) is 0 Å². The Morgan fingerprint density at radius 1 is 0.525 bits per heavy atom. The van der Waals surface area contributed by atoms with Crippen molar-refractivity contribution < 1.29 is 4.42 Å². The number of nitrogens with zero attached hydrogens (tertiary/aromatic N) is 1. The number of para-hydroxylation sites is 1. The Labute approximate surface area is 356 Å². The third kappa shape index (κ3) is 4.52. The molecule has 8 aromatic carbocycles. The van der Waals surface area contributed by atoms with E-state index in [0.717, 1.165) is 39.7 Å². The predicted molar refractivity (Wildman–Crippen MR) is 253 cm³/mol. The molecule has 4 aliphatic carbocycles. The molecule has 2 unspecified atom stereocenters. The standard InChI is InChI=1S/C59H43NO/c1-36-15-4-5-16-40(36)37-27-29-38(30-28-37)60(39-31-32-42-41-17-6-10-21-47(41)58(2,3)52(42)35-39)53-25-14-24-50-55(53)45-19-7-11-22-48(45)59(50)49-23-12-8-20-46(49)56-51(59)34-33-44-43-18-9-13-26-54(43)61-57(44)56/h4-14,16-36H,15H2,1-3H3. The molecule has 0 fully saturated rings. The molecule has 1 heterocycles. The van der Waals surface area contributed by atoms with E-state index < -0.39 is 5.41 Å². The molecule has 9 aromatic rings. The molecule has 0 radical (unpaired) electrons. The van der Waals surface area contributed by atoms with Crippen LogP contribution in [0, 0.1) is 5.92 Å². The summed E-state index contributed by atoms with van der Waals surface area (Å²) in [6.07, 6.45) is 7.84. The van der Waals surface area contributed by atoms with Gasteiger partial charge < -0.3 is 9.32 Å². The van der Waals surface area contributed by atoms with Crippen LogP contribution in [0.25, 0.3) is 60.9 Å². The van der Waals surface area contributed by atoms with E-state index in [1.54, 1.807) is 0 Å². The van der Waals surface area contributed by atoms with Crippen LogP contribution in [0.15, 0.2) is 193 Å². The van der Waals surface area contributed by atoms with Crippen LogP contribution in [0.2, 0.25) is 0 Å². The molecule has 0 aliphatic heterocycles. The number of benzene rings is 8. The monoisotopic (exact) mass is 781 g/mol. The first-order valence-electron chi connectivity index (χ1n) is 21.7. The first-order chi connectivity index (χ1) is 29.9. The van der Waals surface area contributed by atoms with Crippen molar-refractivity contribution >= 4 is 44.6 Å². The van der Waals surface area contributed by atoms with Gasteiger partial charge >= 0.3 is 0 Å². The molecule has 0 amide bonds. The van der Waals surface area contributed by atoms with Gasteiger partial charge in [-0.25, -0.2) is 0 Å². The molecule has 1 aromatic heterocycles. The first-order valence-corrected chi connectivity index (χ1v) is 21.7. The van der Waals surface area contributed by atoms with E-state index in [-0.39, 0.29) is 5.41 Å². The Morgan fingerprint density at radius 2 is 1.16 bits per heavy atom. The fraction of sp³-hybridized carbons (Fsp3) is 0.119.